The molecule has 1 atom stereocenters. The lowest BCUT2D eigenvalue weighted by molar-refractivity contribution is -0.140. The lowest BCUT2D eigenvalue weighted by atomic mass is 10.1. The van der Waals surface area contributed by atoms with Gasteiger partial charge < -0.3 is 25.4 Å². The van der Waals surface area contributed by atoms with Crippen molar-refractivity contribution in [2.75, 3.05) is 18.2 Å². The first-order valence-electron chi connectivity index (χ1n) is 10.5. The van der Waals surface area contributed by atoms with Crippen LogP contribution < -0.4 is 10.6 Å². The Morgan fingerprint density at radius 2 is 1.60 bits per heavy atom. The highest BCUT2D eigenvalue weighted by Crippen LogP contribution is 2.25. The molecule has 10 nitrogen and oxygen atoms in total. The van der Waals surface area contributed by atoms with Crippen molar-refractivity contribution in [1.29, 1.82) is 0 Å². The summed E-state index contributed by atoms with van der Waals surface area (Å²) in [7, 11) is -3.36. The van der Waals surface area contributed by atoms with Crippen molar-refractivity contribution < 1.29 is 33.0 Å². The minimum atomic E-state index is -3.36. The topological polar surface area (TPSA) is 155 Å². The molecule has 0 saturated heterocycles. The van der Waals surface area contributed by atoms with Crippen LogP contribution in [0, 0.1) is 13.8 Å². The van der Waals surface area contributed by atoms with Crippen LogP contribution >= 0.6 is 0 Å². The van der Waals surface area contributed by atoms with Gasteiger partial charge >= 0.3 is 5.97 Å². The van der Waals surface area contributed by atoms with Crippen LogP contribution in [0.4, 0.5) is 5.69 Å². The van der Waals surface area contributed by atoms with Crippen LogP contribution in [0.3, 0.4) is 0 Å². The summed E-state index contributed by atoms with van der Waals surface area (Å²) >= 11 is 0. The molecular formula is C24H25N3O7S. The SMILES string of the molecule is Cc1cc(C(=O)Nc2ccc(S(C)(=O)=O)cc2)c(C)n1-c1ccccc1C(=O)N[C@H](CO)C(=O)O. The molecule has 3 aromatic rings. The van der Waals surface area contributed by atoms with Crippen LogP contribution in [0.15, 0.2) is 59.5 Å². The molecule has 1 heterocycles. The summed E-state index contributed by atoms with van der Waals surface area (Å²) in [6, 6.07) is 12.5. The third-order valence-electron chi connectivity index (χ3n) is 5.39. The average Bonchev–Trinajstić information content (AvgIpc) is 3.10. The first-order chi connectivity index (χ1) is 16.4. The molecule has 0 bridgehead atoms. The number of hydrogen-bond donors (Lipinski definition) is 4. The first kappa shape index (κ1) is 25.7. The number of aryl methyl sites for hydroxylation is 1. The molecule has 2 amide bonds. The number of carboxylic acid groups (broad SMARTS) is 1. The number of carbonyl (C=O) groups is 3. The normalized spacial score (nSPS) is 12.1. The lowest BCUT2D eigenvalue weighted by Gasteiger charge is -2.17. The summed E-state index contributed by atoms with van der Waals surface area (Å²) in [6.45, 7) is 2.70. The maximum Gasteiger partial charge on any atom is 0.328 e. The minimum absolute atomic E-state index is 0.134. The number of aliphatic hydroxyl groups is 1. The monoisotopic (exact) mass is 499 g/mol. The van der Waals surface area contributed by atoms with E-state index < -0.39 is 40.3 Å². The fraction of sp³-hybridized carbons (Fsp3) is 0.208. The van der Waals surface area contributed by atoms with E-state index in [2.05, 4.69) is 10.6 Å². The Morgan fingerprint density at radius 3 is 2.17 bits per heavy atom. The summed E-state index contributed by atoms with van der Waals surface area (Å²) in [5.74, 6) is -2.48. The van der Waals surface area contributed by atoms with Crippen molar-refractivity contribution in [2.24, 2.45) is 0 Å². The van der Waals surface area contributed by atoms with Gasteiger partial charge in [-0.05, 0) is 56.3 Å². The van der Waals surface area contributed by atoms with E-state index in [1.165, 1.54) is 30.3 Å². The molecule has 0 unspecified atom stereocenters. The molecule has 0 radical (unpaired) electrons. The van der Waals surface area contributed by atoms with Gasteiger partial charge in [0.25, 0.3) is 11.8 Å². The lowest BCUT2D eigenvalue weighted by Crippen LogP contribution is -2.43. The highest BCUT2D eigenvalue weighted by molar-refractivity contribution is 7.90. The van der Waals surface area contributed by atoms with Crippen LogP contribution in [0.5, 0.6) is 0 Å². The van der Waals surface area contributed by atoms with Crippen LogP contribution in [-0.2, 0) is 14.6 Å². The molecule has 0 spiro atoms. The number of aliphatic hydroxyl groups excluding tert-OH is 1. The van der Waals surface area contributed by atoms with Crippen LogP contribution in [-0.4, -0.2) is 59.9 Å². The molecule has 0 saturated carbocycles. The molecule has 35 heavy (non-hydrogen) atoms. The standard InChI is InChI=1S/C24H25N3O7S/c1-14-12-19(23(30)25-16-8-10-17(11-9-16)35(3,33)34)15(2)27(14)21-7-5-4-6-18(21)22(29)26-20(13-28)24(31)32/h4-12,20,28H,13H2,1-3H3,(H,25,30)(H,26,29)(H,31,32)/t20-/m1/s1. The Balaban J connectivity index is 1.92. The zero-order chi connectivity index (χ0) is 25.9. The zero-order valence-electron chi connectivity index (χ0n) is 19.3. The number of aliphatic carboxylic acids is 1. The summed E-state index contributed by atoms with van der Waals surface area (Å²) in [6.07, 6.45) is 1.10. The van der Waals surface area contributed by atoms with E-state index in [-0.39, 0.29) is 10.5 Å². The number of carbonyl (C=O) groups excluding carboxylic acids is 2. The maximum atomic E-state index is 13.0. The van der Waals surface area contributed by atoms with Gasteiger partial charge in [0.05, 0.1) is 28.3 Å². The van der Waals surface area contributed by atoms with Gasteiger partial charge in [0.2, 0.25) is 0 Å². The van der Waals surface area contributed by atoms with Crippen LogP contribution in [0.2, 0.25) is 0 Å². The van der Waals surface area contributed by atoms with Crippen molar-refractivity contribution >= 4 is 33.3 Å². The van der Waals surface area contributed by atoms with Crippen molar-refractivity contribution in [3.05, 3.63) is 77.1 Å². The molecule has 3 rings (SSSR count). The van der Waals surface area contributed by atoms with Gasteiger partial charge in [0, 0.05) is 23.3 Å². The Kier molecular flexibility index (Phi) is 7.42. The van der Waals surface area contributed by atoms with E-state index in [1.54, 1.807) is 42.7 Å². The number of hydrogen-bond acceptors (Lipinski definition) is 6. The maximum absolute atomic E-state index is 13.0. The fourth-order valence-corrected chi connectivity index (χ4v) is 4.26. The third-order valence-corrected chi connectivity index (χ3v) is 6.52. The highest BCUT2D eigenvalue weighted by atomic mass is 32.2. The zero-order valence-corrected chi connectivity index (χ0v) is 20.1. The van der Waals surface area contributed by atoms with Gasteiger partial charge in [-0.3, -0.25) is 9.59 Å². The fourth-order valence-electron chi connectivity index (χ4n) is 3.63. The minimum Gasteiger partial charge on any atom is -0.480 e. The number of nitrogens with zero attached hydrogens (tertiary/aromatic N) is 1. The quantitative estimate of drug-likeness (QED) is 0.369. The summed E-state index contributed by atoms with van der Waals surface area (Å²) in [5.41, 5.74) is 2.53. The smallest absolute Gasteiger partial charge is 0.328 e. The largest absolute Gasteiger partial charge is 0.480 e. The predicted molar refractivity (Wildman–Crippen MR) is 129 cm³/mol. The number of nitrogens with one attached hydrogen (secondary N) is 2. The number of para-hydroxylation sites is 1. The molecule has 0 aliphatic carbocycles. The van der Waals surface area contributed by atoms with Gasteiger partial charge in [-0.2, -0.15) is 0 Å². The highest BCUT2D eigenvalue weighted by Gasteiger charge is 2.24. The molecule has 184 valence electrons. The number of aromatic nitrogens is 1. The Morgan fingerprint density at radius 1 is 0.971 bits per heavy atom. The third kappa shape index (κ3) is 5.58. The van der Waals surface area contributed by atoms with E-state index in [1.807, 2.05) is 0 Å². The van der Waals surface area contributed by atoms with E-state index in [4.69, 9.17) is 5.11 Å². The Hall–Kier alpha value is -3.96. The molecule has 2 aromatic carbocycles. The molecule has 1 aromatic heterocycles. The van der Waals surface area contributed by atoms with E-state index in [9.17, 15) is 27.9 Å². The second-order valence-electron chi connectivity index (χ2n) is 7.93. The molecule has 11 heteroatoms. The van der Waals surface area contributed by atoms with Gasteiger partial charge in [-0.25, -0.2) is 13.2 Å². The van der Waals surface area contributed by atoms with Crippen molar-refractivity contribution in [1.82, 2.24) is 9.88 Å². The van der Waals surface area contributed by atoms with E-state index >= 15 is 0 Å². The van der Waals surface area contributed by atoms with Crippen LogP contribution in [0.25, 0.3) is 5.69 Å². The van der Waals surface area contributed by atoms with Gasteiger partial charge in [-0.15, -0.1) is 0 Å². The van der Waals surface area contributed by atoms with E-state index in [0.29, 0.717) is 28.3 Å². The van der Waals surface area contributed by atoms with Gasteiger partial charge in [0.1, 0.15) is 0 Å². The van der Waals surface area contributed by atoms with Gasteiger partial charge in [0.15, 0.2) is 15.9 Å². The second kappa shape index (κ2) is 10.1. The number of sulfone groups is 1. The summed E-state index contributed by atoms with van der Waals surface area (Å²) in [5, 5.41) is 23.4. The van der Waals surface area contributed by atoms with Crippen molar-refractivity contribution in [3.63, 3.8) is 0 Å². The van der Waals surface area contributed by atoms with Crippen LogP contribution in [0.1, 0.15) is 32.1 Å². The Labute approximate surface area is 202 Å². The number of benzene rings is 2. The number of carboxylic acids is 1. The Bertz CT molecular complexity index is 1390. The molecule has 4 N–H and O–H groups in total. The predicted octanol–water partition coefficient (Wildman–Crippen LogP) is 1.93. The average molecular weight is 500 g/mol. The molecular weight excluding hydrogens is 474 g/mol. The van der Waals surface area contributed by atoms with E-state index in [0.717, 1.165) is 6.26 Å². The summed E-state index contributed by atoms with van der Waals surface area (Å²) < 4.78 is 25.0. The van der Waals surface area contributed by atoms with Crippen molar-refractivity contribution in [3.8, 4) is 5.69 Å². The van der Waals surface area contributed by atoms with Crippen molar-refractivity contribution in [2.45, 2.75) is 24.8 Å². The number of amides is 2. The second-order valence-corrected chi connectivity index (χ2v) is 9.95. The molecule has 0 fully saturated rings. The molecule has 0 aliphatic rings. The first-order valence-corrected chi connectivity index (χ1v) is 12.4. The molecule has 0 aliphatic heterocycles. The number of anilines is 1. The number of rotatable bonds is 8. The summed E-state index contributed by atoms with van der Waals surface area (Å²) in [4.78, 5) is 37.1. The van der Waals surface area contributed by atoms with Gasteiger partial charge in [-0.1, -0.05) is 12.1 Å².